The van der Waals surface area contributed by atoms with Gasteiger partial charge in [0.25, 0.3) is 5.91 Å². The maximum Gasteiger partial charge on any atom is 0.251 e. The summed E-state index contributed by atoms with van der Waals surface area (Å²) in [7, 11) is 0. The normalized spacial score (nSPS) is 12.3. The molecule has 1 unspecified atom stereocenters. The Labute approximate surface area is 187 Å². The first-order valence-corrected chi connectivity index (χ1v) is 10.9. The number of imidazole rings is 1. The van der Waals surface area contributed by atoms with Crippen molar-refractivity contribution in [2.75, 3.05) is 0 Å². The number of aliphatic hydroxyl groups is 1. The highest BCUT2D eigenvalue weighted by molar-refractivity contribution is 7.17. The van der Waals surface area contributed by atoms with E-state index in [1.807, 2.05) is 4.40 Å². The number of aromatic nitrogens is 5. The van der Waals surface area contributed by atoms with Gasteiger partial charge in [-0.2, -0.15) is 0 Å². The molecule has 0 bridgehead atoms. The molecule has 5 rings (SSSR count). The molecule has 5 aromatic rings. The predicted molar refractivity (Wildman–Crippen MR) is 118 cm³/mol. The van der Waals surface area contributed by atoms with Gasteiger partial charge in [-0.25, -0.2) is 9.67 Å². The standard InChI is InChI=1S/C22H20N6O3S/c1-2-18-20(27-13-23-11-19(27)32-18)21(29)17-12-28(26-25-17)15-7-5-14(6-8-15)22(30)24-10-16-4-3-9-31-16/h3-9,11-13,21,29H,2,10H2,1H3,(H,24,30). The Morgan fingerprint density at radius 1 is 1.28 bits per heavy atom. The van der Waals surface area contributed by atoms with E-state index in [1.165, 1.54) is 0 Å². The molecule has 0 aliphatic rings. The minimum Gasteiger partial charge on any atom is -0.467 e. The first-order valence-electron chi connectivity index (χ1n) is 10.1. The molecule has 32 heavy (non-hydrogen) atoms. The van der Waals surface area contributed by atoms with Gasteiger partial charge >= 0.3 is 0 Å². The highest BCUT2D eigenvalue weighted by Gasteiger charge is 2.23. The molecule has 0 aliphatic heterocycles. The molecule has 4 aromatic heterocycles. The van der Waals surface area contributed by atoms with Crippen molar-refractivity contribution in [3.05, 3.63) is 89.0 Å². The van der Waals surface area contributed by atoms with Crippen LogP contribution in [0.3, 0.4) is 0 Å². The smallest absolute Gasteiger partial charge is 0.251 e. The van der Waals surface area contributed by atoms with Crippen molar-refractivity contribution in [2.24, 2.45) is 0 Å². The number of aliphatic hydroxyl groups excluding tert-OH is 1. The number of carbonyl (C=O) groups excluding carboxylic acids is 1. The summed E-state index contributed by atoms with van der Waals surface area (Å²) in [6, 6.07) is 10.6. The molecule has 1 amide bonds. The van der Waals surface area contributed by atoms with Crippen LogP contribution in [-0.4, -0.2) is 35.4 Å². The Morgan fingerprint density at radius 3 is 2.88 bits per heavy atom. The average Bonchev–Trinajstić information content (AvgIpc) is 3.61. The van der Waals surface area contributed by atoms with E-state index < -0.39 is 6.10 Å². The second-order valence-corrected chi connectivity index (χ2v) is 8.28. The Morgan fingerprint density at radius 2 is 2.12 bits per heavy atom. The van der Waals surface area contributed by atoms with Gasteiger partial charge in [-0.3, -0.25) is 9.20 Å². The van der Waals surface area contributed by atoms with E-state index in [0.717, 1.165) is 27.5 Å². The Kier molecular flexibility index (Phi) is 5.29. The van der Waals surface area contributed by atoms with Crippen LogP contribution in [-0.2, 0) is 13.0 Å². The summed E-state index contributed by atoms with van der Waals surface area (Å²) in [5.74, 6) is 0.491. The van der Waals surface area contributed by atoms with Crippen molar-refractivity contribution in [3.63, 3.8) is 0 Å². The van der Waals surface area contributed by atoms with Gasteiger partial charge in [0.05, 0.1) is 36.6 Å². The van der Waals surface area contributed by atoms with Crippen LogP contribution in [0.4, 0.5) is 0 Å². The molecule has 0 fully saturated rings. The molecule has 0 saturated heterocycles. The molecule has 1 atom stereocenters. The number of carbonyl (C=O) groups is 1. The summed E-state index contributed by atoms with van der Waals surface area (Å²) in [5.41, 5.74) is 2.45. The van der Waals surface area contributed by atoms with E-state index in [4.69, 9.17) is 4.42 Å². The fourth-order valence-electron chi connectivity index (χ4n) is 3.51. The summed E-state index contributed by atoms with van der Waals surface area (Å²) in [4.78, 5) is 18.5. The molecule has 0 spiro atoms. The lowest BCUT2D eigenvalue weighted by atomic mass is 10.1. The van der Waals surface area contributed by atoms with Gasteiger partial charge in [-0.15, -0.1) is 16.4 Å². The first kappa shape index (κ1) is 20.2. The number of nitrogens with one attached hydrogen (secondary N) is 1. The molecule has 2 N–H and O–H groups in total. The topological polar surface area (TPSA) is 110 Å². The minimum absolute atomic E-state index is 0.198. The molecule has 162 valence electrons. The first-order chi connectivity index (χ1) is 15.6. The third-order valence-corrected chi connectivity index (χ3v) is 6.40. The van der Waals surface area contributed by atoms with Crippen LogP contribution in [0.2, 0.25) is 0 Å². The number of rotatable bonds is 7. The zero-order chi connectivity index (χ0) is 22.1. The molecule has 9 nitrogen and oxygen atoms in total. The number of nitrogens with zero attached hydrogens (tertiary/aromatic N) is 5. The van der Waals surface area contributed by atoms with Crippen LogP contribution < -0.4 is 5.32 Å². The second kappa shape index (κ2) is 8.40. The van der Waals surface area contributed by atoms with E-state index in [9.17, 15) is 9.90 Å². The zero-order valence-electron chi connectivity index (χ0n) is 17.2. The lowest BCUT2D eigenvalue weighted by Crippen LogP contribution is -2.22. The lowest BCUT2D eigenvalue weighted by molar-refractivity contribution is 0.0948. The fourth-order valence-corrected chi connectivity index (χ4v) is 4.57. The van der Waals surface area contributed by atoms with E-state index in [2.05, 4.69) is 27.5 Å². The minimum atomic E-state index is -0.923. The summed E-state index contributed by atoms with van der Waals surface area (Å²) >= 11 is 1.61. The van der Waals surface area contributed by atoms with E-state index in [0.29, 0.717) is 23.6 Å². The third-order valence-electron chi connectivity index (χ3n) is 5.15. The van der Waals surface area contributed by atoms with Crippen molar-refractivity contribution >= 4 is 22.1 Å². The van der Waals surface area contributed by atoms with Gasteiger partial charge in [-0.05, 0) is 42.8 Å². The van der Waals surface area contributed by atoms with E-state index >= 15 is 0 Å². The zero-order valence-corrected chi connectivity index (χ0v) is 18.0. The van der Waals surface area contributed by atoms with Gasteiger partial charge in [0.1, 0.15) is 28.7 Å². The molecule has 1 aromatic carbocycles. The van der Waals surface area contributed by atoms with Gasteiger partial charge < -0.3 is 14.8 Å². The summed E-state index contributed by atoms with van der Waals surface area (Å²) in [6.45, 7) is 2.38. The SMILES string of the molecule is CCc1sc2cncn2c1C(O)c1cn(-c2ccc(C(=O)NCc3ccco3)cc2)nn1. The third kappa shape index (κ3) is 3.70. The van der Waals surface area contributed by atoms with Crippen molar-refractivity contribution in [1.82, 2.24) is 29.7 Å². The number of aryl methyl sites for hydroxylation is 1. The Balaban J connectivity index is 1.33. The molecule has 0 aliphatic carbocycles. The van der Waals surface area contributed by atoms with Crippen LogP contribution in [0.25, 0.3) is 10.5 Å². The van der Waals surface area contributed by atoms with E-state index in [1.54, 1.807) is 77.4 Å². The van der Waals surface area contributed by atoms with Gasteiger partial charge in [0, 0.05) is 10.4 Å². The molecule has 0 radical (unpaired) electrons. The van der Waals surface area contributed by atoms with E-state index in [-0.39, 0.29) is 5.91 Å². The largest absolute Gasteiger partial charge is 0.467 e. The molecule has 4 heterocycles. The number of furan rings is 1. The van der Waals surface area contributed by atoms with Gasteiger partial charge in [-0.1, -0.05) is 12.1 Å². The van der Waals surface area contributed by atoms with Crippen LogP contribution >= 0.6 is 11.3 Å². The van der Waals surface area contributed by atoms with Crippen LogP contribution in [0.5, 0.6) is 0 Å². The monoisotopic (exact) mass is 448 g/mol. The highest BCUT2D eigenvalue weighted by Crippen LogP contribution is 2.31. The van der Waals surface area contributed by atoms with Crippen LogP contribution in [0.1, 0.15) is 45.4 Å². The van der Waals surface area contributed by atoms with Crippen LogP contribution in [0, 0.1) is 0 Å². The van der Waals surface area contributed by atoms with Crippen molar-refractivity contribution < 1.29 is 14.3 Å². The second-order valence-electron chi connectivity index (χ2n) is 7.17. The van der Waals surface area contributed by atoms with Crippen LogP contribution in [0.15, 0.2) is 65.8 Å². The number of fused-ring (bicyclic) bond motifs is 1. The highest BCUT2D eigenvalue weighted by atomic mass is 32.1. The van der Waals surface area contributed by atoms with Crippen molar-refractivity contribution in [3.8, 4) is 5.69 Å². The summed E-state index contributed by atoms with van der Waals surface area (Å²) < 4.78 is 8.69. The molecular formula is C22H20N6O3S. The maximum atomic E-state index is 12.3. The number of amides is 1. The Hall–Kier alpha value is -3.76. The molecule has 0 saturated carbocycles. The average molecular weight is 449 g/mol. The number of thiazole rings is 1. The maximum absolute atomic E-state index is 12.3. The van der Waals surface area contributed by atoms with Crippen molar-refractivity contribution in [2.45, 2.75) is 26.0 Å². The fraction of sp³-hybridized carbons (Fsp3) is 0.182. The molecule has 10 heteroatoms. The Bertz CT molecular complexity index is 1350. The summed E-state index contributed by atoms with van der Waals surface area (Å²) in [5, 5.41) is 22.1. The quantitative estimate of drug-likeness (QED) is 0.396. The predicted octanol–water partition coefficient (Wildman–Crippen LogP) is 3.14. The molecular weight excluding hydrogens is 428 g/mol. The number of hydrogen-bond acceptors (Lipinski definition) is 7. The van der Waals surface area contributed by atoms with Gasteiger partial charge in [0.15, 0.2) is 0 Å². The van der Waals surface area contributed by atoms with Crippen molar-refractivity contribution in [1.29, 1.82) is 0 Å². The lowest BCUT2D eigenvalue weighted by Gasteiger charge is -2.09. The van der Waals surface area contributed by atoms with Gasteiger partial charge in [0.2, 0.25) is 0 Å². The summed E-state index contributed by atoms with van der Waals surface area (Å²) in [6.07, 6.45) is 6.62. The number of hydrogen-bond donors (Lipinski definition) is 2. The number of benzene rings is 1.